The molecule has 0 saturated carbocycles. The maximum absolute atomic E-state index is 6.48. The molecular formula is C13H27N3O. The van der Waals surface area contributed by atoms with Crippen LogP contribution in [-0.4, -0.2) is 13.0 Å². The third-order valence-electron chi connectivity index (χ3n) is 2.86. The first-order valence-electron chi connectivity index (χ1n) is 6.62. The Hall–Kier alpha value is -0.930. The Morgan fingerprint density at radius 1 is 1.12 bits per heavy atom. The van der Waals surface area contributed by atoms with Gasteiger partial charge in [0.25, 0.3) is 0 Å². The topological polar surface area (TPSA) is 57.8 Å². The standard InChI is InChI=1S/C13H27N3O/c1-4-5-6-7-8-9-10-13(2,3)11-17-12-15-16-14/h12,14H,4-11H2,1-3H3/b15-12-,16-14?. The van der Waals surface area contributed by atoms with Crippen LogP contribution in [0.3, 0.4) is 0 Å². The monoisotopic (exact) mass is 241 g/mol. The molecule has 4 nitrogen and oxygen atoms in total. The normalized spacial score (nSPS) is 11.9. The second-order valence-corrected chi connectivity index (χ2v) is 5.31. The summed E-state index contributed by atoms with van der Waals surface area (Å²) in [6, 6.07) is 0. The Balaban J connectivity index is 3.49. The Labute approximate surface area is 105 Å². The Morgan fingerprint density at radius 2 is 1.76 bits per heavy atom. The van der Waals surface area contributed by atoms with Crippen LogP contribution < -0.4 is 0 Å². The van der Waals surface area contributed by atoms with Crippen LogP contribution in [0.4, 0.5) is 0 Å². The molecule has 0 aromatic carbocycles. The lowest BCUT2D eigenvalue weighted by molar-refractivity contribution is 0.163. The van der Waals surface area contributed by atoms with Gasteiger partial charge in [0.15, 0.2) is 6.40 Å². The van der Waals surface area contributed by atoms with Crippen LogP contribution in [0.2, 0.25) is 0 Å². The minimum absolute atomic E-state index is 0.179. The van der Waals surface area contributed by atoms with Gasteiger partial charge in [-0.3, -0.25) is 0 Å². The number of nitrogens with one attached hydrogen (secondary N) is 1. The fraction of sp³-hybridized carbons (Fsp3) is 0.923. The lowest BCUT2D eigenvalue weighted by Crippen LogP contribution is -2.18. The van der Waals surface area contributed by atoms with Crippen LogP contribution in [0.15, 0.2) is 10.3 Å². The minimum atomic E-state index is 0.179. The van der Waals surface area contributed by atoms with E-state index in [4.69, 9.17) is 10.3 Å². The Morgan fingerprint density at radius 3 is 2.41 bits per heavy atom. The summed E-state index contributed by atoms with van der Waals surface area (Å²) in [7, 11) is 0. The van der Waals surface area contributed by atoms with E-state index in [1.165, 1.54) is 51.3 Å². The molecule has 0 amide bonds. The third kappa shape index (κ3) is 11.3. The van der Waals surface area contributed by atoms with Crippen LogP contribution in [-0.2, 0) is 4.74 Å². The lowest BCUT2D eigenvalue weighted by atomic mass is 9.88. The van der Waals surface area contributed by atoms with Crippen molar-refractivity contribution in [2.45, 2.75) is 65.7 Å². The molecule has 0 aliphatic heterocycles. The number of hydrogen-bond acceptors (Lipinski definition) is 3. The summed E-state index contributed by atoms with van der Waals surface area (Å²) in [4.78, 5) is 0. The molecule has 0 bridgehead atoms. The van der Waals surface area contributed by atoms with Crippen molar-refractivity contribution in [2.24, 2.45) is 15.7 Å². The van der Waals surface area contributed by atoms with Crippen LogP contribution in [0.25, 0.3) is 0 Å². The maximum Gasteiger partial charge on any atom is 0.196 e. The van der Waals surface area contributed by atoms with Gasteiger partial charge >= 0.3 is 0 Å². The molecular weight excluding hydrogens is 214 g/mol. The molecule has 17 heavy (non-hydrogen) atoms. The molecule has 100 valence electrons. The second kappa shape index (κ2) is 10.2. The molecule has 0 heterocycles. The molecule has 0 spiro atoms. The summed E-state index contributed by atoms with van der Waals surface area (Å²) >= 11 is 0. The van der Waals surface area contributed by atoms with Crippen molar-refractivity contribution in [1.82, 2.24) is 0 Å². The van der Waals surface area contributed by atoms with Crippen molar-refractivity contribution in [2.75, 3.05) is 6.61 Å². The first-order chi connectivity index (χ1) is 8.12. The van der Waals surface area contributed by atoms with Crippen molar-refractivity contribution in [1.29, 1.82) is 5.53 Å². The molecule has 0 aliphatic rings. The predicted octanol–water partition coefficient (Wildman–Crippen LogP) is 4.75. The van der Waals surface area contributed by atoms with E-state index in [0.29, 0.717) is 6.61 Å². The van der Waals surface area contributed by atoms with E-state index in [-0.39, 0.29) is 5.41 Å². The van der Waals surface area contributed by atoms with Gasteiger partial charge in [-0.25, -0.2) is 0 Å². The zero-order chi connectivity index (χ0) is 13.0. The Bertz CT molecular complexity index is 215. The van der Waals surface area contributed by atoms with Gasteiger partial charge in [-0.05, 0) is 17.1 Å². The quantitative estimate of drug-likeness (QED) is 0.183. The number of rotatable bonds is 11. The minimum Gasteiger partial charge on any atom is -0.481 e. The average molecular weight is 241 g/mol. The maximum atomic E-state index is 6.48. The largest absolute Gasteiger partial charge is 0.481 e. The van der Waals surface area contributed by atoms with E-state index in [1.807, 2.05) is 0 Å². The summed E-state index contributed by atoms with van der Waals surface area (Å²) in [6.45, 7) is 7.28. The summed E-state index contributed by atoms with van der Waals surface area (Å²) in [5, 5.41) is 6.20. The third-order valence-corrected chi connectivity index (χ3v) is 2.86. The van der Waals surface area contributed by atoms with Gasteiger partial charge in [-0.2, -0.15) is 5.53 Å². The van der Waals surface area contributed by atoms with Crippen LogP contribution in [0.1, 0.15) is 65.7 Å². The lowest BCUT2D eigenvalue weighted by Gasteiger charge is -2.23. The summed E-state index contributed by atoms with van der Waals surface area (Å²) in [5.41, 5.74) is 6.65. The van der Waals surface area contributed by atoms with Crippen LogP contribution in [0.5, 0.6) is 0 Å². The first-order valence-corrected chi connectivity index (χ1v) is 6.62. The molecule has 4 heteroatoms. The molecule has 1 N–H and O–H groups in total. The summed E-state index contributed by atoms with van der Waals surface area (Å²) < 4.78 is 5.23. The molecule has 0 aliphatic carbocycles. The molecule has 0 saturated heterocycles. The van der Waals surface area contributed by atoms with E-state index in [1.54, 1.807) is 0 Å². The fourth-order valence-corrected chi connectivity index (χ4v) is 1.78. The van der Waals surface area contributed by atoms with Crippen molar-refractivity contribution in [3.8, 4) is 0 Å². The van der Waals surface area contributed by atoms with Crippen molar-refractivity contribution in [3.05, 3.63) is 0 Å². The second-order valence-electron chi connectivity index (χ2n) is 5.31. The highest BCUT2D eigenvalue weighted by Gasteiger charge is 2.17. The van der Waals surface area contributed by atoms with Gasteiger partial charge in [-0.15, -0.1) is 5.10 Å². The van der Waals surface area contributed by atoms with Gasteiger partial charge in [-0.1, -0.05) is 59.3 Å². The fourth-order valence-electron chi connectivity index (χ4n) is 1.78. The van der Waals surface area contributed by atoms with Gasteiger partial charge in [0.05, 0.1) is 6.61 Å². The Kier molecular flexibility index (Phi) is 9.68. The molecule has 0 fully saturated rings. The molecule has 0 aromatic rings. The van der Waals surface area contributed by atoms with Crippen LogP contribution in [0, 0.1) is 10.9 Å². The van der Waals surface area contributed by atoms with Crippen molar-refractivity contribution >= 4 is 6.40 Å². The summed E-state index contributed by atoms with van der Waals surface area (Å²) in [6.07, 6.45) is 10.4. The van der Waals surface area contributed by atoms with E-state index in [2.05, 4.69) is 31.1 Å². The average Bonchev–Trinajstić information content (AvgIpc) is 2.29. The molecule has 0 radical (unpaired) electrons. The first kappa shape index (κ1) is 16.1. The molecule has 0 atom stereocenters. The highest BCUT2D eigenvalue weighted by Crippen LogP contribution is 2.24. The highest BCUT2D eigenvalue weighted by atomic mass is 16.5. The zero-order valence-corrected chi connectivity index (χ0v) is 11.5. The van der Waals surface area contributed by atoms with E-state index >= 15 is 0 Å². The van der Waals surface area contributed by atoms with E-state index in [0.717, 1.165) is 0 Å². The van der Waals surface area contributed by atoms with Gasteiger partial charge in [0, 0.05) is 0 Å². The van der Waals surface area contributed by atoms with Crippen molar-refractivity contribution in [3.63, 3.8) is 0 Å². The van der Waals surface area contributed by atoms with Crippen molar-refractivity contribution < 1.29 is 4.74 Å². The van der Waals surface area contributed by atoms with Gasteiger partial charge in [0.1, 0.15) is 0 Å². The number of unbranched alkanes of at least 4 members (excludes halogenated alkanes) is 5. The smallest absolute Gasteiger partial charge is 0.196 e. The SMILES string of the molecule is CCCCCCCCC(C)(C)CO/C=N\N=N. The number of hydrogen-bond donors (Lipinski definition) is 1. The molecule has 0 aromatic heterocycles. The van der Waals surface area contributed by atoms with Gasteiger partial charge in [0.2, 0.25) is 0 Å². The predicted molar refractivity (Wildman–Crippen MR) is 71.4 cm³/mol. The highest BCUT2D eigenvalue weighted by molar-refractivity contribution is 5.45. The molecule has 0 unspecified atom stereocenters. The van der Waals surface area contributed by atoms with Gasteiger partial charge < -0.3 is 4.74 Å². The number of ether oxygens (including phenoxy) is 1. The number of nitrogens with zero attached hydrogens (tertiary/aromatic N) is 2. The van der Waals surface area contributed by atoms with E-state index in [9.17, 15) is 0 Å². The molecule has 0 rings (SSSR count). The summed E-state index contributed by atoms with van der Waals surface area (Å²) in [5.74, 6) is 0. The zero-order valence-electron chi connectivity index (χ0n) is 11.5. The van der Waals surface area contributed by atoms with Crippen LogP contribution >= 0.6 is 0 Å². The van der Waals surface area contributed by atoms with E-state index < -0.39 is 0 Å².